The number of amides is 1. The Kier molecular flexibility index (Phi) is 8.35. The molecule has 10 nitrogen and oxygen atoms in total. The van der Waals surface area contributed by atoms with E-state index >= 15 is 0 Å². The minimum Gasteiger partial charge on any atom is -0.497 e. The lowest BCUT2D eigenvalue weighted by Gasteiger charge is -2.37. The molecule has 4 aromatic rings. The van der Waals surface area contributed by atoms with E-state index in [-0.39, 0.29) is 31.0 Å². The zero-order valence-electron chi connectivity index (χ0n) is 24.2. The first-order valence-electron chi connectivity index (χ1n) is 14.5. The molecule has 0 radical (unpaired) electrons. The topological polar surface area (TPSA) is 123 Å². The summed E-state index contributed by atoms with van der Waals surface area (Å²) in [6.07, 6.45) is 6.33. The molecular weight excluding hydrogens is 551 g/mol. The Labute approximate surface area is 249 Å². The van der Waals surface area contributed by atoms with Gasteiger partial charge in [0.1, 0.15) is 11.6 Å². The second-order valence-corrected chi connectivity index (χ2v) is 11.3. The molecule has 1 saturated carbocycles. The minimum atomic E-state index is -0.820. The number of aromatic amines is 1. The van der Waals surface area contributed by atoms with Crippen molar-refractivity contribution in [3.05, 3.63) is 72.4 Å². The van der Waals surface area contributed by atoms with Gasteiger partial charge in [-0.2, -0.15) is 0 Å². The maximum Gasteiger partial charge on any atom is 0.230 e. The molecule has 2 aromatic heterocycles. The second-order valence-electron chi connectivity index (χ2n) is 11.3. The summed E-state index contributed by atoms with van der Waals surface area (Å²) in [6, 6.07) is 15.5. The lowest BCUT2D eigenvalue weighted by atomic mass is 9.89. The number of anilines is 2. The highest BCUT2D eigenvalue weighted by molar-refractivity contribution is 5.83. The van der Waals surface area contributed by atoms with Crippen molar-refractivity contribution in [1.82, 2.24) is 25.3 Å². The largest absolute Gasteiger partial charge is 0.497 e. The van der Waals surface area contributed by atoms with E-state index in [2.05, 4.69) is 20.6 Å². The summed E-state index contributed by atoms with van der Waals surface area (Å²) in [4.78, 5) is 30.3. The van der Waals surface area contributed by atoms with Crippen LogP contribution in [0.2, 0.25) is 0 Å². The average Bonchev–Trinajstić information content (AvgIpc) is 3.48. The molecule has 1 saturated heterocycles. The van der Waals surface area contributed by atoms with Crippen molar-refractivity contribution < 1.29 is 23.4 Å². The fourth-order valence-corrected chi connectivity index (χ4v) is 5.40. The van der Waals surface area contributed by atoms with Crippen LogP contribution in [0.15, 0.2) is 60.8 Å². The van der Waals surface area contributed by atoms with Crippen LogP contribution in [-0.4, -0.2) is 52.2 Å². The number of H-pyrrole nitrogens is 1. The van der Waals surface area contributed by atoms with E-state index in [0.29, 0.717) is 40.2 Å². The van der Waals surface area contributed by atoms with Crippen molar-refractivity contribution in [3.63, 3.8) is 0 Å². The predicted octanol–water partition coefficient (Wildman–Crippen LogP) is 5.93. The van der Waals surface area contributed by atoms with Gasteiger partial charge < -0.3 is 29.8 Å². The Bertz CT molecular complexity index is 1560. The number of methoxy groups -OCH3 is 1. The molecule has 0 unspecified atom stereocenters. The molecule has 224 valence electrons. The number of aromatic nitrogens is 4. The molecule has 0 atom stereocenters. The van der Waals surface area contributed by atoms with E-state index in [1.807, 2.05) is 31.2 Å². The van der Waals surface area contributed by atoms with E-state index in [1.54, 1.807) is 31.5 Å². The molecule has 2 aromatic carbocycles. The van der Waals surface area contributed by atoms with Crippen LogP contribution in [0.4, 0.5) is 16.0 Å². The predicted molar refractivity (Wildman–Crippen MR) is 159 cm³/mol. The first kappa shape index (κ1) is 28.8. The molecule has 2 fully saturated rings. The monoisotopic (exact) mass is 586 g/mol. The maximum absolute atomic E-state index is 13.8. The first-order valence-corrected chi connectivity index (χ1v) is 14.5. The zero-order valence-corrected chi connectivity index (χ0v) is 24.2. The van der Waals surface area contributed by atoms with Crippen molar-refractivity contribution in [2.24, 2.45) is 5.41 Å². The number of rotatable bonds is 8. The summed E-state index contributed by atoms with van der Waals surface area (Å²) in [5, 5.41) is 6.39. The third-order valence-corrected chi connectivity index (χ3v) is 7.90. The molecule has 2 aliphatic rings. The molecule has 0 bridgehead atoms. The number of hydrogen-bond acceptors (Lipinski definition) is 8. The van der Waals surface area contributed by atoms with Crippen molar-refractivity contribution >= 4 is 17.5 Å². The van der Waals surface area contributed by atoms with Gasteiger partial charge in [0.05, 0.1) is 42.8 Å². The Balaban J connectivity index is 1.24. The Morgan fingerprint density at radius 3 is 2.56 bits per heavy atom. The van der Waals surface area contributed by atoms with Crippen LogP contribution in [-0.2, 0) is 14.3 Å². The standard InChI is InChI=1S/C32H35FN6O4/c1-32(30(40)35-22-7-4-3-5-8-22)18-42-29(43-19-32)28-38-26(20-11-13-21(33)14-12-20)27(39-28)25-15-16-34-31(37-25)36-23-9-6-10-24(17-23)41-2/h6,9-17,22,29H,3-5,7-8,18-19H2,1-2H3,(H,35,40)(H,38,39)(H,34,36,37). The highest BCUT2D eigenvalue weighted by Gasteiger charge is 2.41. The number of nitrogens with one attached hydrogen (secondary N) is 3. The van der Waals surface area contributed by atoms with Crippen LogP contribution < -0.4 is 15.4 Å². The number of carbonyl (C=O) groups is 1. The lowest BCUT2D eigenvalue weighted by Crippen LogP contribution is -2.51. The summed E-state index contributed by atoms with van der Waals surface area (Å²) in [7, 11) is 1.61. The van der Waals surface area contributed by atoms with Gasteiger partial charge in [-0.15, -0.1) is 0 Å². The SMILES string of the molecule is COc1cccc(Nc2nccc(-c3[nH]c(C4OCC(C)(C(=O)NC5CCCCC5)CO4)nc3-c3ccc(F)cc3)n2)c1. The number of hydrogen-bond donors (Lipinski definition) is 3. The van der Waals surface area contributed by atoms with Crippen LogP contribution in [0.5, 0.6) is 5.75 Å². The van der Waals surface area contributed by atoms with E-state index in [0.717, 1.165) is 31.4 Å². The van der Waals surface area contributed by atoms with Crippen molar-refractivity contribution in [2.75, 3.05) is 25.6 Å². The zero-order chi connectivity index (χ0) is 29.8. The van der Waals surface area contributed by atoms with Gasteiger partial charge >= 0.3 is 0 Å². The summed E-state index contributed by atoms with van der Waals surface area (Å²) < 4.78 is 31.3. The van der Waals surface area contributed by atoms with Gasteiger partial charge in [0.15, 0.2) is 5.82 Å². The van der Waals surface area contributed by atoms with E-state index < -0.39 is 11.7 Å². The van der Waals surface area contributed by atoms with Gasteiger partial charge in [0, 0.05) is 29.6 Å². The third-order valence-electron chi connectivity index (χ3n) is 7.90. The van der Waals surface area contributed by atoms with Crippen LogP contribution in [0, 0.1) is 11.2 Å². The van der Waals surface area contributed by atoms with Gasteiger partial charge in [-0.25, -0.2) is 19.3 Å². The van der Waals surface area contributed by atoms with Gasteiger partial charge in [-0.1, -0.05) is 25.3 Å². The van der Waals surface area contributed by atoms with Gasteiger partial charge in [0.2, 0.25) is 18.1 Å². The summed E-state index contributed by atoms with van der Waals surface area (Å²) in [6.45, 7) is 2.22. The minimum absolute atomic E-state index is 0.0537. The number of carbonyl (C=O) groups excluding carboxylic acids is 1. The average molecular weight is 587 g/mol. The number of nitrogens with zero attached hydrogens (tertiary/aromatic N) is 3. The summed E-state index contributed by atoms with van der Waals surface area (Å²) >= 11 is 0. The third kappa shape index (κ3) is 6.52. The Hall–Kier alpha value is -4.35. The summed E-state index contributed by atoms with van der Waals surface area (Å²) in [5.74, 6) is 1.09. The molecular formula is C32H35FN6O4. The van der Waals surface area contributed by atoms with Crippen molar-refractivity contribution in [2.45, 2.75) is 51.4 Å². The molecule has 3 heterocycles. The lowest BCUT2D eigenvalue weighted by molar-refractivity contribution is -0.231. The second kappa shape index (κ2) is 12.5. The van der Waals surface area contributed by atoms with E-state index in [4.69, 9.17) is 24.2 Å². The van der Waals surface area contributed by atoms with Gasteiger partial charge in [0.25, 0.3) is 0 Å². The van der Waals surface area contributed by atoms with Gasteiger partial charge in [-0.3, -0.25) is 4.79 Å². The maximum atomic E-state index is 13.8. The van der Waals surface area contributed by atoms with E-state index in [1.165, 1.54) is 18.6 Å². The van der Waals surface area contributed by atoms with E-state index in [9.17, 15) is 9.18 Å². The molecule has 6 rings (SSSR count). The molecule has 3 N–H and O–H groups in total. The van der Waals surface area contributed by atoms with Crippen LogP contribution in [0.1, 0.15) is 51.1 Å². The summed E-state index contributed by atoms with van der Waals surface area (Å²) in [5.41, 5.74) is 2.35. The quantitative estimate of drug-likeness (QED) is 0.232. The van der Waals surface area contributed by atoms with Crippen molar-refractivity contribution in [1.29, 1.82) is 0 Å². The molecule has 11 heteroatoms. The normalized spacial score (nSPS) is 20.9. The number of ether oxygens (including phenoxy) is 3. The molecule has 1 amide bonds. The first-order chi connectivity index (χ1) is 20.9. The number of halogens is 1. The van der Waals surface area contributed by atoms with Crippen molar-refractivity contribution in [3.8, 4) is 28.4 Å². The molecule has 43 heavy (non-hydrogen) atoms. The Morgan fingerprint density at radius 2 is 1.81 bits per heavy atom. The smallest absolute Gasteiger partial charge is 0.230 e. The van der Waals surface area contributed by atoms with Crippen LogP contribution >= 0.6 is 0 Å². The molecule has 0 spiro atoms. The fourth-order valence-electron chi connectivity index (χ4n) is 5.40. The molecule has 1 aliphatic heterocycles. The fraction of sp³-hybridized carbons (Fsp3) is 0.375. The number of imidazole rings is 1. The number of benzene rings is 2. The van der Waals surface area contributed by atoms with Gasteiger partial charge in [-0.05, 0) is 62.2 Å². The Morgan fingerprint density at radius 1 is 1.05 bits per heavy atom. The van der Waals surface area contributed by atoms with Crippen LogP contribution in [0.25, 0.3) is 22.6 Å². The molecule has 1 aliphatic carbocycles. The highest BCUT2D eigenvalue weighted by Crippen LogP contribution is 2.36. The van der Waals surface area contributed by atoms with Crippen LogP contribution in [0.3, 0.4) is 0 Å². The highest BCUT2D eigenvalue weighted by atomic mass is 19.1.